The summed E-state index contributed by atoms with van der Waals surface area (Å²) in [5.41, 5.74) is 1.01. The minimum absolute atomic E-state index is 0.00718. The van der Waals surface area contributed by atoms with E-state index in [0.29, 0.717) is 0 Å². The molecule has 2 unspecified atom stereocenters. The van der Waals surface area contributed by atoms with Gasteiger partial charge in [-0.15, -0.1) is 0 Å². The zero-order valence-corrected chi connectivity index (χ0v) is 10.6. The smallest absolute Gasteiger partial charge is 0.230 e. The molecule has 0 heterocycles. The number of amides is 1. The predicted molar refractivity (Wildman–Crippen MR) is 67.3 cm³/mol. The van der Waals surface area contributed by atoms with Crippen LogP contribution in [0, 0.1) is 11.3 Å². The van der Waals surface area contributed by atoms with Crippen LogP contribution in [0.4, 0.5) is 0 Å². The molecule has 0 aromatic heterocycles. The topological polar surface area (TPSA) is 44.1 Å². The molecule has 1 aromatic rings. The summed E-state index contributed by atoms with van der Waals surface area (Å²) in [6.45, 7) is 3.72. The summed E-state index contributed by atoms with van der Waals surface area (Å²) in [5.74, 6) is -0.148. The second kappa shape index (κ2) is 6.05. The Morgan fingerprint density at radius 2 is 2.00 bits per heavy atom. The second-order valence-corrected chi connectivity index (χ2v) is 4.13. The molecular formula is C14H18N2O. The second-order valence-electron chi connectivity index (χ2n) is 4.13. The average molecular weight is 230 g/mol. The number of hydrogen-bond donors (Lipinski definition) is 0. The van der Waals surface area contributed by atoms with E-state index in [1.54, 1.807) is 14.0 Å². The standard InChI is InChI=1S/C14H18N2O/c1-4-13(12-8-6-5-7-9-12)14(17)16(3)11(2)10-15/h5-9,11,13H,4H2,1-3H3. The molecule has 90 valence electrons. The molecule has 2 atom stereocenters. The van der Waals surface area contributed by atoms with Crippen LogP contribution in [0.1, 0.15) is 31.7 Å². The van der Waals surface area contributed by atoms with E-state index < -0.39 is 0 Å². The molecule has 0 fully saturated rings. The summed E-state index contributed by atoms with van der Waals surface area (Å²) in [4.78, 5) is 13.8. The van der Waals surface area contributed by atoms with Crippen molar-refractivity contribution in [1.29, 1.82) is 5.26 Å². The highest BCUT2D eigenvalue weighted by Crippen LogP contribution is 2.22. The monoisotopic (exact) mass is 230 g/mol. The quantitative estimate of drug-likeness (QED) is 0.797. The van der Waals surface area contributed by atoms with E-state index in [-0.39, 0.29) is 17.9 Å². The van der Waals surface area contributed by atoms with Gasteiger partial charge in [0.05, 0.1) is 12.0 Å². The minimum atomic E-state index is -0.389. The van der Waals surface area contributed by atoms with Crippen LogP contribution in [0.3, 0.4) is 0 Å². The van der Waals surface area contributed by atoms with E-state index >= 15 is 0 Å². The first-order valence-corrected chi connectivity index (χ1v) is 5.83. The highest BCUT2D eigenvalue weighted by molar-refractivity contribution is 5.84. The summed E-state index contributed by atoms with van der Waals surface area (Å²) in [7, 11) is 1.68. The Balaban J connectivity index is 2.90. The SMILES string of the molecule is CCC(C(=O)N(C)C(C)C#N)c1ccccc1. The first-order chi connectivity index (χ1) is 8.11. The number of carbonyl (C=O) groups excluding carboxylic acids is 1. The van der Waals surface area contributed by atoms with E-state index in [4.69, 9.17) is 5.26 Å². The Morgan fingerprint density at radius 3 is 2.47 bits per heavy atom. The third-order valence-corrected chi connectivity index (χ3v) is 3.02. The van der Waals surface area contributed by atoms with E-state index in [9.17, 15) is 4.79 Å². The molecule has 0 saturated carbocycles. The highest BCUT2D eigenvalue weighted by atomic mass is 16.2. The van der Waals surface area contributed by atoms with Gasteiger partial charge in [-0.1, -0.05) is 37.3 Å². The van der Waals surface area contributed by atoms with Gasteiger partial charge in [-0.05, 0) is 18.9 Å². The number of hydrogen-bond acceptors (Lipinski definition) is 2. The van der Waals surface area contributed by atoms with Crippen molar-refractivity contribution in [2.75, 3.05) is 7.05 Å². The van der Waals surface area contributed by atoms with Crippen molar-refractivity contribution in [2.45, 2.75) is 32.2 Å². The van der Waals surface area contributed by atoms with Crippen molar-refractivity contribution in [3.63, 3.8) is 0 Å². The van der Waals surface area contributed by atoms with Crippen molar-refractivity contribution >= 4 is 5.91 Å². The largest absolute Gasteiger partial charge is 0.329 e. The minimum Gasteiger partial charge on any atom is -0.329 e. The summed E-state index contributed by atoms with van der Waals surface area (Å²) < 4.78 is 0. The van der Waals surface area contributed by atoms with Gasteiger partial charge in [0, 0.05) is 7.05 Å². The van der Waals surface area contributed by atoms with Gasteiger partial charge in [-0.2, -0.15) is 5.26 Å². The van der Waals surface area contributed by atoms with Gasteiger partial charge in [0.15, 0.2) is 0 Å². The lowest BCUT2D eigenvalue weighted by Gasteiger charge is -2.25. The zero-order chi connectivity index (χ0) is 12.8. The van der Waals surface area contributed by atoms with Gasteiger partial charge in [0.25, 0.3) is 0 Å². The zero-order valence-electron chi connectivity index (χ0n) is 10.6. The number of nitrogens with zero attached hydrogens (tertiary/aromatic N) is 2. The van der Waals surface area contributed by atoms with Gasteiger partial charge in [0.1, 0.15) is 6.04 Å². The Bertz CT molecular complexity index is 408. The van der Waals surface area contributed by atoms with E-state index in [1.807, 2.05) is 37.3 Å². The van der Waals surface area contributed by atoms with Crippen LogP contribution in [0.2, 0.25) is 0 Å². The molecule has 1 amide bonds. The predicted octanol–water partition coefficient (Wildman–Crippen LogP) is 2.55. The summed E-state index contributed by atoms with van der Waals surface area (Å²) in [6.07, 6.45) is 0.741. The lowest BCUT2D eigenvalue weighted by molar-refractivity contribution is -0.132. The molecule has 0 radical (unpaired) electrons. The highest BCUT2D eigenvalue weighted by Gasteiger charge is 2.24. The molecule has 17 heavy (non-hydrogen) atoms. The maximum atomic E-state index is 12.2. The van der Waals surface area contributed by atoms with Crippen molar-refractivity contribution in [3.8, 4) is 6.07 Å². The first-order valence-electron chi connectivity index (χ1n) is 5.83. The van der Waals surface area contributed by atoms with Gasteiger partial charge in [-0.3, -0.25) is 4.79 Å². The Hall–Kier alpha value is -1.82. The lowest BCUT2D eigenvalue weighted by Crippen LogP contribution is -2.37. The number of likely N-dealkylation sites (N-methyl/N-ethyl adjacent to an activating group) is 1. The van der Waals surface area contributed by atoms with Crippen LogP contribution >= 0.6 is 0 Å². The van der Waals surface area contributed by atoms with E-state index in [1.165, 1.54) is 4.90 Å². The van der Waals surface area contributed by atoms with E-state index in [2.05, 4.69) is 6.07 Å². The molecule has 0 aliphatic carbocycles. The molecule has 3 heteroatoms. The summed E-state index contributed by atoms with van der Waals surface area (Å²) in [5, 5.41) is 8.84. The maximum absolute atomic E-state index is 12.2. The Kier molecular flexibility index (Phi) is 4.71. The molecule has 1 rings (SSSR count). The molecule has 0 bridgehead atoms. The van der Waals surface area contributed by atoms with Crippen molar-refractivity contribution in [1.82, 2.24) is 4.90 Å². The fourth-order valence-electron chi connectivity index (χ4n) is 1.76. The molecule has 0 spiro atoms. The van der Waals surface area contributed by atoms with Crippen LogP contribution < -0.4 is 0 Å². The van der Waals surface area contributed by atoms with Gasteiger partial charge < -0.3 is 4.90 Å². The van der Waals surface area contributed by atoms with E-state index in [0.717, 1.165) is 12.0 Å². The van der Waals surface area contributed by atoms with Crippen LogP contribution in [0.5, 0.6) is 0 Å². The molecule has 1 aromatic carbocycles. The fourth-order valence-corrected chi connectivity index (χ4v) is 1.76. The Labute approximate surface area is 103 Å². The van der Waals surface area contributed by atoms with Crippen LogP contribution in [0.25, 0.3) is 0 Å². The van der Waals surface area contributed by atoms with Crippen molar-refractivity contribution in [3.05, 3.63) is 35.9 Å². The number of carbonyl (C=O) groups is 1. The molecule has 0 N–H and O–H groups in total. The average Bonchev–Trinajstić information content (AvgIpc) is 2.38. The van der Waals surface area contributed by atoms with Gasteiger partial charge in [0.2, 0.25) is 5.91 Å². The molecule has 0 aliphatic rings. The third kappa shape index (κ3) is 3.07. The maximum Gasteiger partial charge on any atom is 0.230 e. The van der Waals surface area contributed by atoms with Crippen molar-refractivity contribution < 1.29 is 4.79 Å². The molecule has 0 aliphatic heterocycles. The van der Waals surface area contributed by atoms with Crippen LogP contribution in [-0.4, -0.2) is 23.9 Å². The van der Waals surface area contributed by atoms with Gasteiger partial charge in [-0.25, -0.2) is 0 Å². The number of rotatable bonds is 4. The summed E-state index contributed by atoms with van der Waals surface area (Å²) in [6, 6.07) is 11.4. The first kappa shape index (κ1) is 13.2. The fraction of sp³-hybridized carbons (Fsp3) is 0.429. The normalized spacial score (nSPS) is 13.5. The number of nitriles is 1. The Morgan fingerprint density at radius 1 is 1.41 bits per heavy atom. The summed E-state index contributed by atoms with van der Waals surface area (Å²) >= 11 is 0. The van der Waals surface area contributed by atoms with Crippen LogP contribution in [0.15, 0.2) is 30.3 Å². The van der Waals surface area contributed by atoms with Crippen molar-refractivity contribution in [2.24, 2.45) is 0 Å². The van der Waals surface area contributed by atoms with Crippen LogP contribution in [-0.2, 0) is 4.79 Å². The molecule has 0 saturated heterocycles. The number of benzene rings is 1. The van der Waals surface area contributed by atoms with Gasteiger partial charge >= 0.3 is 0 Å². The lowest BCUT2D eigenvalue weighted by atomic mass is 9.95. The molecule has 3 nitrogen and oxygen atoms in total. The third-order valence-electron chi connectivity index (χ3n) is 3.02. The molecular weight excluding hydrogens is 212 g/mol.